The lowest BCUT2D eigenvalue weighted by Gasteiger charge is -2.42. The fraction of sp³-hybridized carbons (Fsp3) is 0.875. The summed E-state index contributed by atoms with van der Waals surface area (Å²) in [5, 5.41) is 26.1. The van der Waals surface area contributed by atoms with Crippen LogP contribution in [0.15, 0.2) is 0 Å². The average Bonchev–Trinajstić information content (AvgIpc) is 3.59. The van der Waals surface area contributed by atoms with Gasteiger partial charge >= 0.3 is 11.9 Å². The molecule has 10 heteroatoms. The number of esters is 1. The molecular formula is C24H38N6O4. The Bertz CT molecular complexity index is 871. The number of hydrogen-bond acceptors (Lipinski definition) is 8. The minimum atomic E-state index is -0.748. The van der Waals surface area contributed by atoms with E-state index < -0.39 is 12.0 Å². The first-order chi connectivity index (χ1) is 16.5. The highest BCUT2D eigenvalue weighted by atomic mass is 16.5. The quantitative estimate of drug-likeness (QED) is 0.571. The van der Waals surface area contributed by atoms with Crippen molar-refractivity contribution in [1.82, 2.24) is 30.4 Å². The first kappa shape index (κ1) is 23.7. The molecule has 0 bridgehead atoms. The van der Waals surface area contributed by atoms with Crippen molar-refractivity contribution in [3.05, 3.63) is 5.82 Å². The molecule has 4 fully saturated rings. The second-order valence-corrected chi connectivity index (χ2v) is 10.8. The van der Waals surface area contributed by atoms with Crippen LogP contribution in [0.1, 0.15) is 82.5 Å². The van der Waals surface area contributed by atoms with Crippen LogP contribution < -0.4 is 5.32 Å². The first-order valence-corrected chi connectivity index (χ1v) is 13.2. The van der Waals surface area contributed by atoms with Gasteiger partial charge in [-0.1, -0.05) is 12.8 Å². The zero-order valence-corrected chi connectivity index (χ0v) is 20.1. The molecule has 0 amide bonds. The molecule has 1 aromatic heterocycles. The molecule has 2 N–H and O–H groups in total. The Balaban J connectivity index is 1.25. The number of carboxylic acids is 1. The molecule has 3 unspecified atom stereocenters. The number of carbonyl (C=O) groups excluding carboxylic acids is 1. The molecule has 188 valence electrons. The van der Waals surface area contributed by atoms with Crippen LogP contribution in [0.25, 0.3) is 0 Å². The molecule has 4 aliphatic rings. The van der Waals surface area contributed by atoms with Gasteiger partial charge in [-0.3, -0.25) is 14.5 Å². The van der Waals surface area contributed by atoms with E-state index in [0.717, 1.165) is 51.0 Å². The average molecular weight is 475 g/mol. The normalized spacial score (nSPS) is 34.7. The fourth-order valence-corrected chi connectivity index (χ4v) is 6.82. The third-order valence-electron chi connectivity index (χ3n) is 8.63. The molecule has 2 aliphatic carbocycles. The van der Waals surface area contributed by atoms with Crippen molar-refractivity contribution < 1.29 is 19.4 Å². The summed E-state index contributed by atoms with van der Waals surface area (Å²) in [6.45, 7) is 4.57. The minimum absolute atomic E-state index is 0.0173. The number of carboxylic acid groups (broad SMARTS) is 1. The second-order valence-electron chi connectivity index (χ2n) is 10.8. The van der Waals surface area contributed by atoms with Crippen LogP contribution in [0.3, 0.4) is 0 Å². The smallest absolute Gasteiger partial charge is 0.323 e. The Morgan fingerprint density at radius 3 is 2.71 bits per heavy atom. The Labute approximate surface area is 200 Å². The predicted molar refractivity (Wildman–Crippen MR) is 123 cm³/mol. The van der Waals surface area contributed by atoms with E-state index >= 15 is 0 Å². The number of rotatable bonds is 7. The van der Waals surface area contributed by atoms with Crippen molar-refractivity contribution in [1.29, 1.82) is 0 Å². The molecule has 10 nitrogen and oxygen atoms in total. The number of fused-ring (bicyclic) bond motifs is 1. The Kier molecular flexibility index (Phi) is 7.15. The maximum atomic E-state index is 12.8. The molecule has 2 saturated carbocycles. The van der Waals surface area contributed by atoms with E-state index in [9.17, 15) is 14.7 Å². The molecule has 34 heavy (non-hydrogen) atoms. The number of piperidine rings is 1. The summed E-state index contributed by atoms with van der Waals surface area (Å²) in [5.41, 5.74) is 0. The van der Waals surface area contributed by atoms with Gasteiger partial charge in [0.15, 0.2) is 5.82 Å². The van der Waals surface area contributed by atoms with Gasteiger partial charge in [0.2, 0.25) is 0 Å². The van der Waals surface area contributed by atoms with Crippen LogP contribution in [-0.2, 0) is 14.3 Å². The summed E-state index contributed by atoms with van der Waals surface area (Å²) in [5.74, 6) is 1.81. The van der Waals surface area contributed by atoms with E-state index in [4.69, 9.17) is 9.84 Å². The monoisotopic (exact) mass is 474 g/mol. The summed E-state index contributed by atoms with van der Waals surface area (Å²) in [4.78, 5) is 28.3. The van der Waals surface area contributed by atoms with Crippen LogP contribution in [0.4, 0.5) is 0 Å². The van der Waals surface area contributed by atoms with E-state index in [-0.39, 0.29) is 18.1 Å². The van der Waals surface area contributed by atoms with Gasteiger partial charge in [0, 0.05) is 19.0 Å². The van der Waals surface area contributed by atoms with E-state index in [2.05, 4.69) is 20.5 Å². The summed E-state index contributed by atoms with van der Waals surface area (Å²) in [7, 11) is 0. The van der Waals surface area contributed by atoms with Gasteiger partial charge in [-0.05, 0) is 81.4 Å². The van der Waals surface area contributed by atoms with Crippen LogP contribution >= 0.6 is 0 Å². The third kappa shape index (κ3) is 4.98. The lowest BCUT2D eigenvalue weighted by atomic mass is 9.69. The summed E-state index contributed by atoms with van der Waals surface area (Å²) in [6.07, 6.45) is 9.33. The molecule has 0 aromatic carbocycles. The number of aliphatic carboxylic acids is 1. The molecular weight excluding hydrogens is 436 g/mol. The zero-order valence-electron chi connectivity index (χ0n) is 20.1. The number of hydrogen-bond donors (Lipinski definition) is 2. The molecule has 0 spiro atoms. The van der Waals surface area contributed by atoms with E-state index in [1.807, 2.05) is 6.92 Å². The zero-order chi connectivity index (χ0) is 23.7. The van der Waals surface area contributed by atoms with Crippen LogP contribution in [0.5, 0.6) is 0 Å². The van der Waals surface area contributed by atoms with Gasteiger partial charge < -0.3 is 15.2 Å². The van der Waals surface area contributed by atoms with Crippen molar-refractivity contribution in [2.45, 2.75) is 88.8 Å². The summed E-state index contributed by atoms with van der Waals surface area (Å²) < 4.78 is 5.42. The van der Waals surface area contributed by atoms with Crippen molar-refractivity contribution >= 4 is 11.9 Å². The lowest BCUT2D eigenvalue weighted by molar-refractivity contribution is -0.149. The Morgan fingerprint density at radius 2 is 1.94 bits per heavy atom. The predicted octanol–water partition coefficient (Wildman–Crippen LogP) is 1.99. The van der Waals surface area contributed by atoms with Gasteiger partial charge in [0.25, 0.3) is 0 Å². The summed E-state index contributed by atoms with van der Waals surface area (Å²) in [6, 6.07) is -0.706. The SMILES string of the molecule is CCOC(=O)[C@@H]1C[C@H](n2nnc(C3CCCC3)n2)CN1CC1CC[C@H]2CNC(C(=O)O)CC2C1. The molecule has 1 aromatic rings. The highest BCUT2D eigenvalue weighted by Gasteiger charge is 2.43. The van der Waals surface area contributed by atoms with Crippen molar-refractivity contribution in [3.63, 3.8) is 0 Å². The topological polar surface area (TPSA) is 122 Å². The number of aromatic nitrogens is 4. The van der Waals surface area contributed by atoms with E-state index in [1.54, 1.807) is 4.80 Å². The van der Waals surface area contributed by atoms with Gasteiger partial charge in [0.1, 0.15) is 12.1 Å². The molecule has 2 aliphatic heterocycles. The van der Waals surface area contributed by atoms with Crippen LogP contribution in [0.2, 0.25) is 0 Å². The number of nitrogens with zero attached hydrogens (tertiary/aromatic N) is 5. The highest BCUT2D eigenvalue weighted by molar-refractivity contribution is 5.76. The number of carbonyl (C=O) groups is 2. The van der Waals surface area contributed by atoms with Gasteiger partial charge in [-0.15, -0.1) is 10.2 Å². The molecule has 2 saturated heterocycles. The standard InChI is InChI=1S/C24H38N6O4/c1-2-34-24(33)21-11-19(30-27-22(26-28-30)16-5-3-4-6-16)14-29(21)13-15-7-8-17-12-25-20(23(31)32)10-18(17)9-15/h15-21,25H,2-14H2,1H3,(H,31,32)/t15?,17-,18?,19-,20?,21-/m0/s1. The van der Waals surface area contributed by atoms with E-state index in [0.29, 0.717) is 49.7 Å². The number of likely N-dealkylation sites (tertiary alicyclic amines) is 1. The summed E-state index contributed by atoms with van der Waals surface area (Å²) >= 11 is 0. The lowest BCUT2D eigenvalue weighted by Crippen LogP contribution is -2.50. The van der Waals surface area contributed by atoms with Gasteiger partial charge in [0.05, 0.1) is 12.6 Å². The Hall–Kier alpha value is -2.07. The highest BCUT2D eigenvalue weighted by Crippen LogP contribution is 2.40. The maximum absolute atomic E-state index is 12.8. The molecule has 6 atom stereocenters. The number of tetrazole rings is 1. The van der Waals surface area contributed by atoms with Crippen molar-refractivity contribution in [2.75, 3.05) is 26.2 Å². The molecule has 5 rings (SSSR count). The minimum Gasteiger partial charge on any atom is -0.480 e. The van der Waals surface area contributed by atoms with Crippen molar-refractivity contribution in [2.24, 2.45) is 17.8 Å². The van der Waals surface area contributed by atoms with Crippen molar-refractivity contribution in [3.8, 4) is 0 Å². The third-order valence-corrected chi connectivity index (χ3v) is 8.63. The molecule has 0 radical (unpaired) electrons. The van der Waals surface area contributed by atoms with Gasteiger partial charge in [-0.25, -0.2) is 0 Å². The Morgan fingerprint density at radius 1 is 1.12 bits per heavy atom. The largest absolute Gasteiger partial charge is 0.480 e. The van der Waals surface area contributed by atoms with E-state index in [1.165, 1.54) is 12.8 Å². The fourth-order valence-electron chi connectivity index (χ4n) is 6.82. The van der Waals surface area contributed by atoms with Crippen LogP contribution in [0, 0.1) is 17.8 Å². The van der Waals surface area contributed by atoms with Gasteiger partial charge in [-0.2, -0.15) is 4.80 Å². The number of ether oxygens (including phenoxy) is 1. The second kappa shape index (κ2) is 10.3. The first-order valence-electron chi connectivity index (χ1n) is 13.2. The number of nitrogens with one attached hydrogen (secondary N) is 1. The van der Waals surface area contributed by atoms with Crippen LogP contribution in [-0.4, -0.2) is 80.5 Å². The maximum Gasteiger partial charge on any atom is 0.323 e. The molecule has 3 heterocycles.